The van der Waals surface area contributed by atoms with Gasteiger partial charge >= 0.3 is 0 Å². The van der Waals surface area contributed by atoms with Crippen molar-refractivity contribution in [1.82, 2.24) is 5.32 Å². The Labute approximate surface area is 279 Å². The summed E-state index contributed by atoms with van der Waals surface area (Å²) in [5.41, 5.74) is 0. The van der Waals surface area contributed by atoms with Gasteiger partial charge in [-0.05, 0) is 18.8 Å². The van der Waals surface area contributed by atoms with Gasteiger partial charge in [-0.1, -0.05) is 194 Å². The molecule has 0 aromatic carbocycles. The van der Waals surface area contributed by atoms with Crippen LogP contribution in [0.25, 0.3) is 0 Å². The van der Waals surface area contributed by atoms with E-state index in [1.165, 1.54) is 135 Å². The minimum atomic E-state index is -1.25. The number of amides is 1. The minimum Gasteiger partial charge on any atom is -0.394 e. The van der Waals surface area contributed by atoms with Gasteiger partial charge in [0.05, 0.1) is 18.8 Å². The molecule has 0 spiro atoms. The molecule has 0 aromatic rings. The summed E-state index contributed by atoms with van der Waals surface area (Å²) in [6.07, 6.45) is 31.3. The first-order valence-corrected chi connectivity index (χ1v) is 19.8. The molecule has 45 heavy (non-hydrogen) atoms. The van der Waals surface area contributed by atoms with Crippen LogP contribution in [-0.4, -0.2) is 57.3 Å². The van der Waals surface area contributed by atoms with Gasteiger partial charge in [-0.15, -0.1) is 0 Å². The second-order valence-corrected chi connectivity index (χ2v) is 14.5. The third-order valence-corrected chi connectivity index (χ3v) is 9.50. The Kier molecular flexibility index (Phi) is 32.7. The van der Waals surface area contributed by atoms with Gasteiger partial charge < -0.3 is 25.7 Å². The Bertz CT molecular complexity index is 616. The molecule has 0 saturated heterocycles. The summed E-state index contributed by atoms with van der Waals surface area (Å²) in [5, 5.41) is 43.5. The third-order valence-electron chi connectivity index (χ3n) is 9.50. The second-order valence-electron chi connectivity index (χ2n) is 14.5. The minimum absolute atomic E-state index is 0.374. The van der Waals surface area contributed by atoms with Crippen LogP contribution in [0, 0.1) is 5.92 Å². The quantitative estimate of drug-likeness (QED) is 0.0443. The highest BCUT2D eigenvalue weighted by Crippen LogP contribution is 2.17. The first kappa shape index (κ1) is 44.3. The van der Waals surface area contributed by atoms with Crippen molar-refractivity contribution in [1.29, 1.82) is 0 Å². The summed E-state index contributed by atoms with van der Waals surface area (Å²) < 4.78 is 0. The molecule has 6 nitrogen and oxygen atoms in total. The maximum atomic E-state index is 12.4. The monoisotopic (exact) mass is 642 g/mol. The van der Waals surface area contributed by atoms with Gasteiger partial charge in [0.25, 0.3) is 0 Å². The smallest absolute Gasteiger partial charge is 0.249 e. The highest BCUT2D eigenvalue weighted by molar-refractivity contribution is 5.80. The Morgan fingerprint density at radius 1 is 0.511 bits per heavy atom. The molecular weight excluding hydrogens is 562 g/mol. The maximum Gasteiger partial charge on any atom is 0.249 e. The van der Waals surface area contributed by atoms with Crippen LogP contribution in [0.3, 0.4) is 0 Å². The molecule has 0 rings (SSSR count). The number of rotatable bonds is 35. The van der Waals surface area contributed by atoms with E-state index < -0.39 is 36.9 Å². The van der Waals surface area contributed by atoms with Crippen molar-refractivity contribution in [3.05, 3.63) is 0 Å². The highest BCUT2D eigenvalue weighted by Gasteiger charge is 2.28. The van der Waals surface area contributed by atoms with Crippen LogP contribution in [0.2, 0.25) is 0 Å². The number of carbonyl (C=O) groups excluding carboxylic acids is 1. The van der Waals surface area contributed by atoms with Crippen molar-refractivity contribution < 1.29 is 25.2 Å². The number of unbranched alkanes of at least 4 members (excludes halogenated alkanes) is 24. The van der Waals surface area contributed by atoms with Crippen LogP contribution < -0.4 is 5.32 Å². The zero-order valence-corrected chi connectivity index (χ0v) is 30.3. The van der Waals surface area contributed by atoms with E-state index in [-0.39, 0.29) is 0 Å². The summed E-state index contributed by atoms with van der Waals surface area (Å²) in [7, 11) is 0. The SMILES string of the molecule is CCCCCCCCCCCCCCCCCCCC[C@@H](O)C(=O)N[C@@H](CO)[C@H](O)[C@H](O)CCCCCCCCCCC(C)C. The molecule has 1 amide bonds. The number of aliphatic hydroxyl groups excluding tert-OH is 4. The molecule has 0 aliphatic carbocycles. The van der Waals surface area contributed by atoms with Crippen molar-refractivity contribution in [3.63, 3.8) is 0 Å². The van der Waals surface area contributed by atoms with E-state index >= 15 is 0 Å². The molecule has 0 saturated carbocycles. The summed E-state index contributed by atoms with van der Waals surface area (Å²) in [6.45, 7) is 6.34. The molecule has 0 bridgehead atoms. The molecule has 0 radical (unpaired) electrons. The fourth-order valence-corrected chi connectivity index (χ4v) is 6.29. The van der Waals surface area contributed by atoms with Gasteiger partial charge in [0, 0.05) is 0 Å². The van der Waals surface area contributed by atoms with Gasteiger partial charge in [-0.3, -0.25) is 4.79 Å². The zero-order chi connectivity index (χ0) is 33.4. The fourth-order valence-electron chi connectivity index (χ4n) is 6.29. The Morgan fingerprint density at radius 2 is 0.844 bits per heavy atom. The van der Waals surface area contributed by atoms with Crippen LogP contribution in [0.4, 0.5) is 0 Å². The van der Waals surface area contributed by atoms with Crippen molar-refractivity contribution in [2.24, 2.45) is 5.92 Å². The molecule has 0 aliphatic heterocycles. The molecule has 4 atom stereocenters. The topological polar surface area (TPSA) is 110 Å². The lowest BCUT2D eigenvalue weighted by Crippen LogP contribution is -2.53. The third kappa shape index (κ3) is 29.2. The number of aliphatic hydroxyl groups is 4. The van der Waals surface area contributed by atoms with E-state index in [0.717, 1.165) is 44.4 Å². The van der Waals surface area contributed by atoms with Crippen molar-refractivity contribution in [2.45, 2.75) is 231 Å². The number of hydrogen-bond acceptors (Lipinski definition) is 5. The van der Waals surface area contributed by atoms with E-state index in [4.69, 9.17) is 0 Å². The lowest BCUT2D eigenvalue weighted by atomic mass is 9.99. The summed E-state index contributed by atoms with van der Waals surface area (Å²) in [6, 6.07) is -0.978. The van der Waals surface area contributed by atoms with Gasteiger partial charge in [0.1, 0.15) is 12.2 Å². The van der Waals surface area contributed by atoms with Crippen molar-refractivity contribution in [2.75, 3.05) is 6.61 Å². The lowest BCUT2D eigenvalue weighted by Gasteiger charge is -2.27. The molecule has 6 heteroatoms. The standard InChI is InChI=1S/C39H79NO5/c1-4-5-6-7-8-9-10-11-12-13-14-15-16-17-18-23-26-29-32-37(43)39(45)40-35(33-41)38(44)36(42)31-28-25-22-20-19-21-24-27-30-34(2)3/h34-38,41-44H,4-33H2,1-3H3,(H,40,45)/t35-,36+,37+,38-/m0/s1. The normalized spacial score (nSPS) is 14.5. The summed E-state index contributed by atoms with van der Waals surface area (Å²) >= 11 is 0. The first-order chi connectivity index (χ1) is 21.8. The molecule has 0 aromatic heterocycles. The van der Waals surface area contributed by atoms with Crippen LogP contribution in [0.15, 0.2) is 0 Å². The van der Waals surface area contributed by atoms with Gasteiger partial charge in [-0.25, -0.2) is 0 Å². The molecule has 0 fully saturated rings. The van der Waals surface area contributed by atoms with Crippen molar-refractivity contribution >= 4 is 5.91 Å². The molecule has 0 aliphatic rings. The van der Waals surface area contributed by atoms with Gasteiger partial charge in [0.2, 0.25) is 5.91 Å². The predicted molar refractivity (Wildman–Crippen MR) is 191 cm³/mol. The maximum absolute atomic E-state index is 12.4. The number of hydrogen-bond donors (Lipinski definition) is 5. The molecule has 270 valence electrons. The van der Waals surface area contributed by atoms with E-state index in [1.807, 2.05) is 0 Å². The van der Waals surface area contributed by atoms with Crippen molar-refractivity contribution in [3.8, 4) is 0 Å². The molecule has 0 heterocycles. The van der Waals surface area contributed by atoms with E-state index in [2.05, 4.69) is 26.1 Å². The van der Waals surface area contributed by atoms with Crippen LogP contribution in [-0.2, 0) is 4.79 Å². The molecular formula is C39H79NO5. The lowest BCUT2D eigenvalue weighted by molar-refractivity contribution is -0.132. The molecule has 0 unspecified atom stereocenters. The molecule has 5 N–H and O–H groups in total. The zero-order valence-electron chi connectivity index (χ0n) is 30.3. The Morgan fingerprint density at radius 3 is 1.20 bits per heavy atom. The largest absolute Gasteiger partial charge is 0.394 e. The van der Waals surface area contributed by atoms with E-state index in [1.54, 1.807) is 0 Å². The highest BCUT2D eigenvalue weighted by atomic mass is 16.3. The average Bonchev–Trinajstić information content (AvgIpc) is 3.03. The average molecular weight is 642 g/mol. The van der Waals surface area contributed by atoms with E-state index in [9.17, 15) is 25.2 Å². The fraction of sp³-hybridized carbons (Fsp3) is 0.974. The van der Waals surface area contributed by atoms with Crippen LogP contribution >= 0.6 is 0 Å². The Balaban J connectivity index is 3.73. The summed E-state index contributed by atoms with van der Waals surface area (Å²) in [4.78, 5) is 12.4. The summed E-state index contributed by atoms with van der Waals surface area (Å²) in [5.74, 6) is 0.208. The van der Waals surface area contributed by atoms with Gasteiger partial charge in [0.15, 0.2) is 0 Å². The Hall–Kier alpha value is -0.690. The second kappa shape index (κ2) is 33.2. The van der Waals surface area contributed by atoms with Crippen LogP contribution in [0.5, 0.6) is 0 Å². The predicted octanol–water partition coefficient (Wildman–Crippen LogP) is 9.54. The van der Waals surface area contributed by atoms with Crippen LogP contribution in [0.1, 0.15) is 207 Å². The van der Waals surface area contributed by atoms with Gasteiger partial charge in [-0.2, -0.15) is 0 Å². The first-order valence-electron chi connectivity index (χ1n) is 19.8. The number of carbonyl (C=O) groups is 1. The number of nitrogens with one attached hydrogen (secondary N) is 1. The van der Waals surface area contributed by atoms with E-state index in [0.29, 0.717) is 12.8 Å².